The molecule has 0 heterocycles. The fourth-order valence-electron chi connectivity index (χ4n) is 3.24. The zero-order chi connectivity index (χ0) is 15.5. The molecule has 21 heavy (non-hydrogen) atoms. The molecule has 1 aromatic carbocycles. The van der Waals surface area contributed by atoms with Gasteiger partial charge >= 0.3 is 0 Å². The molecule has 118 valence electrons. The predicted octanol–water partition coefficient (Wildman–Crippen LogP) is 4.64. The normalized spacial score (nSPS) is 19.5. The molecule has 0 spiro atoms. The number of rotatable bonds is 8. The fourth-order valence-corrected chi connectivity index (χ4v) is 3.24. The van der Waals surface area contributed by atoms with E-state index >= 15 is 0 Å². The van der Waals surface area contributed by atoms with Crippen LogP contribution >= 0.6 is 0 Å². The van der Waals surface area contributed by atoms with Gasteiger partial charge < -0.3 is 10.1 Å². The Bertz CT molecular complexity index is 433. The highest BCUT2D eigenvalue weighted by Crippen LogP contribution is 2.67. The molecule has 0 radical (unpaired) electrons. The SMILES string of the molecule is CCCCOc1ccc(CNCC2C(C)(C)C2(C)C)cc1. The molecule has 0 atom stereocenters. The fraction of sp³-hybridized carbons (Fsp3) is 0.684. The molecule has 2 rings (SSSR count). The summed E-state index contributed by atoms with van der Waals surface area (Å²) in [6, 6.07) is 8.49. The first-order valence-electron chi connectivity index (χ1n) is 8.32. The summed E-state index contributed by atoms with van der Waals surface area (Å²) in [5, 5.41) is 3.61. The Balaban J connectivity index is 1.72. The third kappa shape index (κ3) is 3.60. The molecule has 0 amide bonds. The van der Waals surface area contributed by atoms with Crippen LogP contribution in [0.3, 0.4) is 0 Å². The van der Waals surface area contributed by atoms with Gasteiger partial charge in [-0.25, -0.2) is 0 Å². The zero-order valence-corrected chi connectivity index (χ0v) is 14.3. The summed E-state index contributed by atoms with van der Waals surface area (Å²) in [5.41, 5.74) is 2.27. The van der Waals surface area contributed by atoms with E-state index in [1.54, 1.807) is 0 Å². The standard InChI is InChI=1S/C19H31NO/c1-6-7-12-21-16-10-8-15(9-11-16)13-20-14-17-18(2,3)19(17,4)5/h8-11,17,20H,6-7,12-14H2,1-5H3. The third-order valence-electron chi connectivity index (χ3n) is 5.69. The molecule has 2 nitrogen and oxygen atoms in total. The van der Waals surface area contributed by atoms with E-state index in [4.69, 9.17) is 4.74 Å². The average molecular weight is 289 g/mol. The largest absolute Gasteiger partial charge is 0.494 e. The van der Waals surface area contributed by atoms with Crippen molar-refractivity contribution in [2.45, 2.75) is 54.0 Å². The summed E-state index contributed by atoms with van der Waals surface area (Å²) in [7, 11) is 0. The Morgan fingerprint density at radius 3 is 2.19 bits per heavy atom. The quantitative estimate of drug-likeness (QED) is 0.704. The molecule has 0 aliphatic heterocycles. The van der Waals surface area contributed by atoms with Gasteiger partial charge in [-0.3, -0.25) is 0 Å². The van der Waals surface area contributed by atoms with Gasteiger partial charge in [0.1, 0.15) is 5.75 Å². The highest BCUT2D eigenvalue weighted by molar-refractivity contribution is 5.27. The number of hydrogen-bond acceptors (Lipinski definition) is 2. The Morgan fingerprint density at radius 2 is 1.67 bits per heavy atom. The van der Waals surface area contributed by atoms with Gasteiger partial charge in [0.25, 0.3) is 0 Å². The van der Waals surface area contributed by atoms with Crippen LogP contribution in [-0.2, 0) is 6.54 Å². The molecular formula is C19H31NO. The smallest absolute Gasteiger partial charge is 0.119 e. The Labute approximate surface area is 130 Å². The van der Waals surface area contributed by atoms with Crippen LogP contribution in [0, 0.1) is 16.7 Å². The van der Waals surface area contributed by atoms with Crippen LogP contribution in [-0.4, -0.2) is 13.2 Å². The monoisotopic (exact) mass is 289 g/mol. The molecule has 1 aliphatic carbocycles. The van der Waals surface area contributed by atoms with Crippen LogP contribution in [0.1, 0.15) is 53.0 Å². The first-order valence-corrected chi connectivity index (χ1v) is 8.32. The highest BCUT2D eigenvalue weighted by Gasteiger charge is 2.63. The molecule has 1 aromatic rings. The van der Waals surface area contributed by atoms with Crippen LogP contribution in [0.5, 0.6) is 5.75 Å². The Kier molecular flexibility index (Phi) is 4.98. The minimum atomic E-state index is 0.469. The van der Waals surface area contributed by atoms with Gasteiger partial charge in [-0.05, 0) is 47.4 Å². The van der Waals surface area contributed by atoms with Gasteiger partial charge in [0, 0.05) is 6.54 Å². The average Bonchev–Trinajstić information content (AvgIpc) is 2.83. The topological polar surface area (TPSA) is 21.3 Å². The first-order chi connectivity index (χ1) is 9.89. The van der Waals surface area contributed by atoms with E-state index < -0.39 is 0 Å². The van der Waals surface area contributed by atoms with Crippen molar-refractivity contribution in [3.05, 3.63) is 29.8 Å². The summed E-state index contributed by atoms with van der Waals surface area (Å²) in [4.78, 5) is 0. The molecule has 0 bridgehead atoms. The number of ether oxygens (including phenoxy) is 1. The molecule has 2 heteroatoms. The summed E-state index contributed by atoms with van der Waals surface area (Å²) >= 11 is 0. The van der Waals surface area contributed by atoms with Gasteiger partial charge in [-0.2, -0.15) is 0 Å². The molecule has 1 aliphatic rings. The lowest BCUT2D eigenvalue weighted by molar-refractivity contribution is 0.309. The second-order valence-electron chi connectivity index (χ2n) is 7.47. The van der Waals surface area contributed by atoms with Gasteiger partial charge in [0.2, 0.25) is 0 Å². The van der Waals surface area contributed by atoms with E-state index in [9.17, 15) is 0 Å². The Hall–Kier alpha value is -1.02. The van der Waals surface area contributed by atoms with E-state index in [2.05, 4.69) is 64.2 Å². The van der Waals surface area contributed by atoms with Crippen molar-refractivity contribution in [2.24, 2.45) is 16.7 Å². The lowest BCUT2D eigenvalue weighted by atomic mass is 10.0. The lowest BCUT2D eigenvalue weighted by Crippen LogP contribution is -2.18. The van der Waals surface area contributed by atoms with Crippen molar-refractivity contribution < 1.29 is 4.74 Å². The van der Waals surface area contributed by atoms with Crippen molar-refractivity contribution in [2.75, 3.05) is 13.2 Å². The zero-order valence-electron chi connectivity index (χ0n) is 14.3. The number of hydrogen-bond donors (Lipinski definition) is 1. The second-order valence-corrected chi connectivity index (χ2v) is 7.47. The van der Waals surface area contributed by atoms with Gasteiger partial charge in [-0.1, -0.05) is 53.2 Å². The summed E-state index contributed by atoms with van der Waals surface area (Å²) in [5.74, 6) is 1.76. The highest BCUT2D eigenvalue weighted by atomic mass is 16.5. The van der Waals surface area contributed by atoms with Crippen molar-refractivity contribution in [1.82, 2.24) is 5.32 Å². The predicted molar refractivity (Wildman–Crippen MR) is 89.6 cm³/mol. The van der Waals surface area contributed by atoms with Gasteiger partial charge in [0.05, 0.1) is 6.61 Å². The van der Waals surface area contributed by atoms with Crippen molar-refractivity contribution in [3.8, 4) is 5.75 Å². The van der Waals surface area contributed by atoms with E-state index in [0.717, 1.165) is 37.8 Å². The number of unbranched alkanes of at least 4 members (excludes halogenated alkanes) is 1. The van der Waals surface area contributed by atoms with Crippen molar-refractivity contribution in [3.63, 3.8) is 0 Å². The van der Waals surface area contributed by atoms with Gasteiger partial charge in [0.15, 0.2) is 0 Å². The minimum Gasteiger partial charge on any atom is -0.494 e. The molecule has 1 N–H and O–H groups in total. The first kappa shape index (κ1) is 16.4. The summed E-state index contributed by atoms with van der Waals surface area (Å²) in [6.45, 7) is 14.6. The van der Waals surface area contributed by atoms with E-state index in [-0.39, 0.29) is 0 Å². The van der Waals surface area contributed by atoms with Gasteiger partial charge in [-0.15, -0.1) is 0 Å². The van der Waals surface area contributed by atoms with Crippen molar-refractivity contribution >= 4 is 0 Å². The van der Waals surface area contributed by atoms with Crippen LogP contribution in [0.2, 0.25) is 0 Å². The number of nitrogens with one attached hydrogen (secondary N) is 1. The third-order valence-corrected chi connectivity index (χ3v) is 5.69. The second kappa shape index (κ2) is 6.39. The van der Waals surface area contributed by atoms with Crippen LogP contribution in [0.15, 0.2) is 24.3 Å². The molecule has 1 fully saturated rings. The maximum atomic E-state index is 5.69. The van der Waals surface area contributed by atoms with E-state index in [0.29, 0.717) is 10.8 Å². The van der Waals surface area contributed by atoms with E-state index in [1.165, 1.54) is 12.0 Å². The maximum absolute atomic E-state index is 5.69. The molecule has 0 saturated heterocycles. The Morgan fingerprint density at radius 1 is 1.05 bits per heavy atom. The maximum Gasteiger partial charge on any atom is 0.119 e. The molecular weight excluding hydrogens is 258 g/mol. The van der Waals surface area contributed by atoms with Crippen molar-refractivity contribution in [1.29, 1.82) is 0 Å². The van der Waals surface area contributed by atoms with E-state index in [1.807, 2.05) is 0 Å². The lowest BCUT2D eigenvalue weighted by Gasteiger charge is -2.08. The van der Waals surface area contributed by atoms with Crippen LogP contribution < -0.4 is 10.1 Å². The van der Waals surface area contributed by atoms with Crippen LogP contribution in [0.25, 0.3) is 0 Å². The molecule has 1 saturated carbocycles. The van der Waals surface area contributed by atoms with Crippen LogP contribution in [0.4, 0.5) is 0 Å². The minimum absolute atomic E-state index is 0.469. The molecule has 0 aromatic heterocycles. The summed E-state index contributed by atoms with van der Waals surface area (Å²) in [6.07, 6.45) is 2.30. The molecule has 0 unspecified atom stereocenters. The number of benzene rings is 1. The summed E-state index contributed by atoms with van der Waals surface area (Å²) < 4.78 is 5.69.